The molecular weight excluding hydrogens is 352 g/mol. The lowest BCUT2D eigenvalue weighted by Crippen LogP contribution is -2.65. The van der Waals surface area contributed by atoms with E-state index >= 15 is 0 Å². The first-order valence-corrected chi connectivity index (χ1v) is 7.60. The highest BCUT2D eigenvalue weighted by Crippen LogP contribution is 2.28. The summed E-state index contributed by atoms with van der Waals surface area (Å²) in [5, 5.41) is 5.89. The van der Waals surface area contributed by atoms with Crippen LogP contribution >= 0.6 is 0 Å². The van der Waals surface area contributed by atoms with Gasteiger partial charge in [0.1, 0.15) is 18.8 Å². The second kappa shape index (κ2) is 9.59. The van der Waals surface area contributed by atoms with Gasteiger partial charge in [0.2, 0.25) is 5.91 Å². The summed E-state index contributed by atoms with van der Waals surface area (Å²) in [7, 11) is 0. The lowest BCUT2D eigenvalue weighted by molar-refractivity contribution is -0.222. The van der Waals surface area contributed by atoms with Gasteiger partial charge in [-0.1, -0.05) is 5.11 Å². The Morgan fingerprint density at radius 1 is 1.04 bits per heavy atom. The molecule has 0 bridgehead atoms. The number of rotatable bonds is 6. The van der Waals surface area contributed by atoms with Crippen LogP contribution in [-0.4, -0.2) is 61.0 Å². The molecule has 5 atom stereocenters. The molecule has 12 nitrogen and oxygen atoms in total. The molecule has 1 aliphatic heterocycles. The van der Waals surface area contributed by atoms with Crippen molar-refractivity contribution in [3.8, 4) is 0 Å². The van der Waals surface area contributed by atoms with Gasteiger partial charge in [-0.3, -0.25) is 19.2 Å². The van der Waals surface area contributed by atoms with Crippen molar-refractivity contribution in [1.29, 1.82) is 0 Å². The van der Waals surface area contributed by atoms with Gasteiger partial charge in [-0.15, -0.1) is 0 Å². The largest absolute Gasteiger partial charge is 0.463 e. The normalized spacial score (nSPS) is 27.5. The second-order valence-corrected chi connectivity index (χ2v) is 5.45. The maximum atomic E-state index is 11.5. The zero-order valence-electron chi connectivity index (χ0n) is 14.7. The van der Waals surface area contributed by atoms with Crippen LogP contribution in [0.15, 0.2) is 5.11 Å². The molecular formula is C14H20N4O8. The molecule has 26 heavy (non-hydrogen) atoms. The summed E-state index contributed by atoms with van der Waals surface area (Å²) in [5.74, 6) is -2.58. The fourth-order valence-electron chi connectivity index (χ4n) is 2.46. The minimum atomic E-state index is -1.29. The topological polar surface area (TPSA) is 166 Å². The van der Waals surface area contributed by atoms with Gasteiger partial charge in [-0.25, -0.2) is 0 Å². The molecule has 1 saturated heterocycles. The van der Waals surface area contributed by atoms with Crippen molar-refractivity contribution in [2.45, 2.75) is 58.3 Å². The van der Waals surface area contributed by atoms with Gasteiger partial charge in [0, 0.05) is 32.6 Å². The molecule has 0 radical (unpaired) electrons. The third kappa shape index (κ3) is 6.22. The molecule has 0 saturated carbocycles. The molecule has 1 heterocycles. The minimum Gasteiger partial charge on any atom is -0.463 e. The smallest absolute Gasteiger partial charge is 0.303 e. The lowest BCUT2D eigenvalue weighted by Gasteiger charge is -2.43. The van der Waals surface area contributed by atoms with E-state index in [1.54, 1.807) is 0 Å². The first kappa shape index (κ1) is 21.2. The van der Waals surface area contributed by atoms with E-state index in [0.717, 1.165) is 20.8 Å². The fraction of sp³-hybridized carbons (Fsp3) is 0.714. The molecule has 1 rings (SSSR count). The van der Waals surface area contributed by atoms with Gasteiger partial charge >= 0.3 is 17.9 Å². The Labute approximate surface area is 148 Å². The number of carbonyl (C=O) groups excluding carboxylic acids is 4. The van der Waals surface area contributed by atoms with Crippen LogP contribution < -0.4 is 5.32 Å². The molecule has 0 aromatic rings. The van der Waals surface area contributed by atoms with Crippen LogP contribution in [0.5, 0.6) is 0 Å². The quantitative estimate of drug-likeness (QED) is 0.223. The Hall–Kier alpha value is -2.85. The van der Waals surface area contributed by atoms with Gasteiger partial charge in [-0.2, -0.15) is 0 Å². The lowest BCUT2D eigenvalue weighted by atomic mass is 9.95. The monoisotopic (exact) mass is 372 g/mol. The third-order valence-electron chi connectivity index (χ3n) is 3.26. The third-order valence-corrected chi connectivity index (χ3v) is 3.26. The van der Waals surface area contributed by atoms with E-state index in [9.17, 15) is 19.2 Å². The van der Waals surface area contributed by atoms with E-state index in [4.69, 9.17) is 24.5 Å². The molecule has 0 aliphatic carbocycles. The van der Waals surface area contributed by atoms with Crippen molar-refractivity contribution in [2.24, 2.45) is 5.11 Å². The summed E-state index contributed by atoms with van der Waals surface area (Å²) in [5.41, 5.74) is 8.74. The molecule has 1 amide bonds. The van der Waals surface area contributed by atoms with Gasteiger partial charge in [0.05, 0.1) is 0 Å². The highest BCUT2D eigenvalue weighted by atomic mass is 16.6. The van der Waals surface area contributed by atoms with Crippen molar-refractivity contribution in [3.05, 3.63) is 10.4 Å². The molecule has 12 heteroatoms. The number of amides is 1. The average molecular weight is 372 g/mol. The van der Waals surface area contributed by atoms with E-state index in [1.165, 1.54) is 6.92 Å². The Morgan fingerprint density at radius 3 is 2.08 bits per heavy atom. The van der Waals surface area contributed by atoms with Crippen molar-refractivity contribution < 1.29 is 38.1 Å². The standard InChI is InChI=1S/C14H20N4O8/c1-6(19)16-11-13(25-9(4)22)12(24-8(3)21)10(5-23-7(2)20)26-14(11)17-18-15/h10-14H,5H2,1-4H3,(H,16,19)/t10?,11?,12-,13?,14?/m1/s1. The average Bonchev–Trinajstić information content (AvgIpc) is 2.50. The van der Waals surface area contributed by atoms with E-state index in [0.29, 0.717) is 0 Å². The van der Waals surface area contributed by atoms with Crippen molar-refractivity contribution in [1.82, 2.24) is 5.32 Å². The Morgan fingerprint density at radius 2 is 1.62 bits per heavy atom. The summed E-state index contributed by atoms with van der Waals surface area (Å²) in [4.78, 5) is 48.2. The number of hydrogen-bond acceptors (Lipinski definition) is 9. The van der Waals surface area contributed by atoms with Gasteiger partial charge in [-0.05, 0) is 5.53 Å². The van der Waals surface area contributed by atoms with E-state index in [1.807, 2.05) is 0 Å². The van der Waals surface area contributed by atoms with E-state index in [2.05, 4.69) is 15.3 Å². The minimum absolute atomic E-state index is 0.352. The highest BCUT2D eigenvalue weighted by Gasteiger charge is 2.50. The molecule has 1 aliphatic rings. The van der Waals surface area contributed by atoms with E-state index < -0.39 is 54.4 Å². The zero-order valence-corrected chi connectivity index (χ0v) is 14.7. The predicted octanol–water partition coefficient (Wildman–Crippen LogP) is -0.0472. The van der Waals surface area contributed by atoms with Crippen LogP contribution in [-0.2, 0) is 38.1 Å². The molecule has 0 aromatic carbocycles. The summed E-state index contributed by atoms with van der Waals surface area (Å²) in [6.07, 6.45) is -4.82. The molecule has 4 unspecified atom stereocenters. The number of esters is 3. The van der Waals surface area contributed by atoms with Crippen LogP contribution in [0.1, 0.15) is 27.7 Å². The first-order chi connectivity index (χ1) is 12.1. The summed E-state index contributed by atoms with van der Waals surface area (Å²) < 4.78 is 20.8. The summed E-state index contributed by atoms with van der Waals surface area (Å²) in [6, 6.07) is -1.12. The molecule has 0 aromatic heterocycles. The number of ether oxygens (including phenoxy) is 4. The molecule has 1 N–H and O–H groups in total. The number of nitrogens with one attached hydrogen (secondary N) is 1. The SMILES string of the molecule is CC(=O)NC1C(N=[N+]=[N-])OC(COC(C)=O)[C@@H](OC(C)=O)C1OC(C)=O. The maximum Gasteiger partial charge on any atom is 0.303 e. The van der Waals surface area contributed by atoms with Gasteiger partial charge < -0.3 is 24.3 Å². The maximum absolute atomic E-state index is 11.5. The van der Waals surface area contributed by atoms with Crippen LogP contribution in [0.3, 0.4) is 0 Å². The predicted molar refractivity (Wildman–Crippen MR) is 83.2 cm³/mol. The Bertz CT molecular complexity index is 618. The summed E-state index contributed by atoms with van der Waals surface area (Å²) in [6.45, 7) is 4.26. The molecule has 0 spiro atoms. The van der Waals surface area contributed by atoms with Crippen LogP contribution in [0.2, 0.25) is 0 Å². The van der Waals surface area contributed by atoms with Crippen LogP contribution in [0.4, 0.5) is 0 Å². The zero-order chi connectivity index (χ0) is 19.9. The van der Waals surface area contributed by atoms with Crippen LogP contribution in [0.25, 0.3) is 10.4 Å². The van der Waals surface area contributed by atoms with Crippen molar-refractivity contribution in [2.75, 3.05) is 6.61 Å². The second-order valence-electron chi connectivity index (χ2n) is 5.45. The van der Waals surface area contributed by atoms with Crippen molar-refractivity contribution >= 4 is 23.8 Å². The number of carbonyl (C=O) groups is 4. The van der Waals surface area contributed by atoms with E-state index in [-0.39, 0.29) is 6.61 Å². The highest BCUT2D eigenvalue weighted by molar-refractivity contribution is 5.73. The Kier molecular flexibility index (Phi) is 7.81. The van der Waals surface area contributed by atoms with Gasteiger partial charge in [0.25, 0.3) is 0 Å². The number of azide groups is 1. The molecule has 1 fully saturated rings. The van der Waals surface area contributed by atoms with Gasteiger partial charge in [0.15, 0.2) is 18.4 Å². The Balaban J connectivity index is 3.28. The summed E-state index contributed by atoms with van der Waals surface area (Å²) >= 11 is 0. The number of hydrogen-bond donors (Lipinski definition) is 1. The number of nitrogens with zero attached hydrogens (tertiary/aromatic N) is 3. The fourth-order valence-corrected chi connectivity index (χ4v) is 2.46. The molecule has 144 valence electrons. The van der Waals surface area contributed by atoms with Crippen LogP contribution in [0, 0.1) is 0 Å². The van der Waals surface area contributed by atoms with Crippen molar-refractivity contribution in [3.63, 3.8) is 0 Å². The first-order valence-electron chi connectivity index (χ1n) is 7.60.